The third-order valence-electron chi connectivity index (χ3n) is 8.01. The number of anilines is 1. The fourth-order valence-electron chi connectivity index (χ4n) is 5.62. The van der Waals surface area contributed by atoms with Crippen molar-refractivity contribution in [1.29, 1.82) is 0 Å². The zero-order chi connectivity index (χ0) is 27.7. The minimum absolute atomic E-state index is 0.0815. The molecule has 1 spiro atoms. The molecule has 1 aromatic carbocycles. The van der Waals surface area contributed by atoms with E-state index in [1.165, 1.54) is 0 Å². The number of amides is 5. The average molecular weight is 527 g/mol. The molecule has 0 aliphatic carbocycles. The standard InChI is InChI=1S/C28H38N4O6/c1-19-5-6-20(17-21(19)25(36)32(18-33)22-7-8-23(34)29-24(22)35)30-13-9-28(10-14-30)11-15-31(16-12-28)26(37)38-27(2,3)4/h5-6,17-18,22H,7-16H2,1-4H3,(H,29,34,35). The summed E-state index contributed by atoms with van der Waals surface area (Å²) < 4.78 is 5.53. The second-order valence-corrected chi connectivity index (χ2v) is 11.7. The minimum Gasteiger partial charge on any atom is -0.444 e. The predicted octanol–water partition coefficient (Wildman–Crippen LogP) is 3.02. The third-order valence-corrected chi connectivity index (χ3v) is 8.01. The maximum absolute atomic E-state index is 13.3. The Balaban J connectivity index is 1.39. The summed E-state index contributed by atoms with van der Waals surface area (Å²) in [5.74, 6) is -1.58. The molecule has 0 saturated carbocycles. The summed E-state index contributed by atoms with van der Waals surface area (Å²) in [6.07, 6.45) is 4.19. The number of piperidine rings is 3. The number of aryl methyl sites for hydroxylation is 1. The van der Waals surface area contributed by atoms with Crippen LogP contribution in [0.1, 0.15) is 75.2 Å². The van der Waals surface area contributed by atoms with Crippen LogP contribution in [0.5, 0.6) is 0 Å². The molecule has 4 rings (SSSR count). The van der Waals surface area contributed by atoms with Crippen LogP contribution < -0.4 is 10.2 Å². The molecule has 10 nitrogen and oxygen atoms in total. The van der Waals surface area contributed by atoms with Crippen LogP contribution in [0.4, 0.5) is 10.5 Å². The van der Waals surface area contributed by atoms with Gasteiger partial charge in [-0.05, 0) is 82.9 Å². The molecule has 0 aromatic heterocycles. The van der Waals surface area contributed by atoms with Gasteiger partial charge in [-0.3, -0.25) is 29.4 Å². The molecule has 3 saturated heterocycles. The van der Waals surface area contributed by atoms with Gasteiger partial charge in [-0.25, -0.2) is 4.79 Å². The predicted molar refractivity (Wildman–Crippen MR) is 141 cm³/mol. The molecular weight excluding hydrogens is 488 g/mol. The average Bonchev–Trinajstić information content (AvgIpc) is 2.86. The number of nitrogens with zero attached hydrogens (tertiary/aromatic N) is 3. The quantitative estimate of drug-likeness (QED) is 0.474. The van der Waals surface area contributed by atoms with Crippen LogP contribution in [0.15, 0.2) is 18.2 Å². The highest BCUT2D eigenvalue weighted by molar-refractivity contribution is 6.07. The molecule has 3 aliphatic heterocycles. The Hall–Kier alpha value is -3.43. The molecule has 1 N–H and O–H groups in total. The first-order chi connectivity index (χ1) is 17.9. The van der Waals surface area contributed by atoms with Gasteiger partial charge in [-0.1, -0.05) is 6.07 Å². The maximum atomic E-state index is 13.3. The monoisotopic (exact) mass is 526 g/mol. The van der Waals surface area contributed by atoms with Gasteiger partial charge in [0.25, 0.3) is 5.91 Å². The van der Waals surface area contributed by atoms with E-state index in [2.05, 4.69) is 10.2 Å². The van der Waals surface area contributed by atoms with Crippen LogP contribution in [-0.2, 0) is 19.1 Å². The lowest BCUT2D eigenvalue weighted by Gasteiger charge is -2.47. The number of ether oxygens (including phenoxy) is 1. The van der Waals surface area contributed by atoms with E-state index in [0.717, 1.165) is 49.4 Å². The SMILES string of the molecule is Cc1ccc(N2CCC3(CCN(C(=O)OC(C)(C)C)CC3)CC2)cc1C(=O)N(C=O)C1CCC(=O)NC1=O. The second kappa shape index (κ2) is 10.7. The van der Waals surface area contributed by atoms with Crippen LogP contribution in [0, 0.1) is 12.3 Å². The van der Waals surface area contributed by atoms with Gasteiger partial charge in [0.15, 0.2) is 0 Å². The molecule has 3 aliphatic rings. The Bertz CT molecular complexity index is 1110. The molecule has 1 unspecified atom stereocenters. The van der Waals surface area contributed by atoms with Crippen molar-refractivity contribution < 1.29 is 28.7 Å². The summed E-state index contributed by atoms with van der Waals surface area (Å²) in [4.78, 5) is 66.4. The molecule has 0 bridgehead atoms. The summed E-state index contributed by atoms with van der Waals surface area (Å²) in [5.41, 5.74) is 1.66. The lowest BCUT2D eigenvalue weighted by molar-refractivity contribution is -0.139. The first-order valence-electron chi connectivity index (χ1n) is 13.4. The second-order valence-electron chi connectivity index (χ2n) is 11.7. The van der Waals surface area contributed by atoms with Crippen molar-refractivity contribution in [2.24, 2.45) is 5.41 Å². The molecule has 206 valence electrons. The molecule has 1 atom stereocenters. The summed E-state index contributed by atoms with van der Waals surface area (Å²) in [7, 11) is 0. The van der Waals surface area contributed by atoms with Crippen LogP contribution >= 0.6 is 0 Å². The Morgan fingerprint density at radius 1 is 1.08 bits per heavy atom. The lowest BCUT2D eigenvalue weighted by atomic mass is 9.71. The van der Waals surface area contributed by atoms with Gasteiger partial charge in [-0.15, -0.1) is 0 Å². The molecule has 3 heterocycles. The van der Waals surface area contributed by atoms with Gasteiger partial charge in [0, 0.05) is 43.9 Å². The smallest absolute Gasteiger partial charge is 0.410 e. The number of carbonyl (C=O) groups is 5. The molecule has 1 aromatic rings. The van der Waals surface area contributed by atoms with Crippen LogP contribution in [-0.4, -0.2) is 77.8 Å². The number of rotatable bonds is 4. The molecule has 38 heavy (non-hydrogen) atoms. The van der Waals surface area contributed by atoms with Crippen molar-refractivity contribution in [1.82, 2.24) is 15.1 Å². The first-order valence-corrected chi connectivity index (χ1v) is 13.4. The van der Waals surface area contributed by atoms with E-state index in [4.69, 9.17) is 4.74 Å². The van der Waals surface area contributed by atoms with Crippen LogP contribution in [0.25, 0.3) is 0 Å². The Labute approximate surface area is 223 Å². The number of benzene rings is 1. The van der Waals surface area contributed by atoms with Gasteiger partial charge in [-0.2, -0.15) is 0 Å². The van der Waals surface area contributed by atoms with Crippen molar-refractivity contribution in [2.45, 2.75) is 77.9 Å². The fraction of sp³-hybridized carbons (Fsp3) is 0.607. The minimum atomic E-state index is -0.998. The largest absolute Gasteiger partial charge is 0.444 e. The summed E-state index contributed by atoms with van der Waals surface area (Å²) in [6, 6.07) is 4.64. The van der Waals surface area contributed by atoms with E-state index in [9.17, 15) is 24.0 Å². The number of nitrogens with one attached hydrogen (secondary N) is 1. The van der Waals surface area contributed by atoms with Crippen LogP contribution in [0.2, 0.25) is 0 Å². The zero-order valence-electron chi connectivity index (χ0n) is 22.7. The number of imide groups is 2. The summed E-state index contributed by atoms with van der Waals surface area (Å²) in [5, 5.41) is 2.21. The fourth-order valence-corrected chi connectivity index (χ4v) is 5.62. The number of carbonyl (C=O) groups excluding carboxylic acids is 5. The van der Waals surface area contributed by atoms with Gasteiger partial charge in [0.05, 0.1) is 0 Å². The summed E-state index contributed by atoms with van der Waals surface area (Å²) in [6.45, 7) is 10.5. The molecule has 5 amide bonds. The highest BCUT2D eigenvalue weighted by Crippen LogP contribution is 2.42. The topological polar surface area (TPSA) is 116 Å². The first kappa shape index (κ1) is 27.6. The van der Waals surface area contributed by atoms with Crippen LogP contribution in [0.3, 0.4) is 0 Å². The number of hydrogen-bond donors (Lipinski definition) is 1. The van der Waals surface area contributed by atoms with Crippen molar-refractivity contribution in [3.8, 4) is 0 Å². The Kier molecular flexibility index (Phi) is 7.80. The van der Waals surface area contributed by atoms with E-state index in [1.54, 1.807) is 13.0 Å². The van der Waals surface area contributed by atoms with Crippen molar-refractivity contribution in [3.63, 3.8) is 0 Å². The molecular formula is C28H38N4O6. The molecule has 3 fully saturated rings. The van der Waals surface area contributed by atoms with Crippen molar-refractivity contribution in [3.05, 3.63) is 29.3 Å². The van der Waals surface area contributed by atoms with E-state index >= 15 is 0 Å². The van der Waals surface area contributed by atoms with Crippen molar-refractivity contribution >= 4 is 35.9 Å². The maximum Gasteiger partial charge on any atom is 0.410 e. The normalized spacial score (nSPS) is 21.6. The lowest BCUT2D eigenvalue weighted by Crippen LogP contribution is -2.54. The Morgan fingerprint density at radius 3 is 2.29 bits per heavy atom. The van der Waals surface area contributed by atoms with Gasteiger partial charge in [0.2, 0.25) is 18.2 Å². The summed E-state index contributed by atoms with van der Waals surface area (Å²) >= 11 is 0. The molecule has 0 radical (unpaired) electrons. The van der Waals surface area contributed by atoms with Crippen molar-refractivity contribution in [2.75, 3.05) is 31.1 Å². The highest BCUT2D eigenvalue weighted by atomic mass is 16.6. The third kappa shape index (κ3) is 6.00. The van der Waals surface area contributed by atoms with E-state index in [-0.39, 0.29) is 24.3 Å². The number of likely N-dealkylation sites (tertiary alicyclic amines) is 1. The molecule has 10 heteroatoms. The van der Waals surface area contributed by atoms with E-state index in [0.29, 0.717) is 30.6 Å². The van der Waals surface area contributed by atoms with Gasteiger partial charge < -0.3 is 14.5 Å². The van der Waals surface area contributed by atoms with E-state index in [1.807, 2.05) is 37.8 Å². The number of hydrogen-bond acceptors (Lipinski definition) is 7. The highest BCUT2D eigenvalue weighted by Gasteiger charge is 2.40. The van der Waals surface area contributed by atoms with Gasteiger partial charge in [0.1, 0.15) is 11.6 Å². The zero-order valence-corrected chi connectivity index (χ0v) is 22.7. The van der Waals surface area contributed by atoms with E-state index < -0.39 is 29.4 Å². The van der Waals surface area contributed by atoms with Gasteiger partial charge >= 0.3 is 6.09 Å². The Morgan fingerprint density at radius 2 is 1.71 bits per heavy atom.